The van der Waals surface area contributed by atoms with Gasteiger partial charge in [-0.2, -0.15) is 10.1 Å². The molecule has 3 atom stereocenters. The fourth-order valence-electron chi connectivity index (χ4n) is 5.27. The Kier molecular flexibility index (Phi) is 3.65. The van der Waals surface area contributed by atoms with Crippen molar-refractivity contribution in [3.63, 3.8) is 0 Å². The average Bonchev–Trinajstić information content (AvgIpc) is 3.35. The van der Waals surface area contributed by atoms with Crippen LogP contribution in [0.2, 0.25) is 0 Å². The lowest BCUT2D eigenvalue weighted by Gasteiger charge is -2.21. The smallest absolute Gasteiger partial charge is 0.280 e. The van der Waals surface area contributed by atoms with E-state index < -0.39 is 0 Å². The molecule has 1 aromatic carbocycles. The summed E-state index contributed by atoms with van der Waals surface area (Å²) >= 11 is 0. The van der Waals surface area contributed by atoms with Gasteiger partial charge in [-0.1, -0.05) is 5.16 Å². The molecule has 11 nitrogen and oxygen atoms in total. The molecule has 0 radical (unpaired) electrons. The molecule has 1 aliphatic carbocycles. The highest BCUT2D eigenvalue weighted by molar-refractivity contribution is 5.82. The van der Waals surface area contributed by atoms with Crippen LogP contribution in [0.25, 0.3) is 22.1 Å². The summed E-state index contributed by atoms with van der Waals surface area (Å²) < 4.78 is 10.5. The molecule has 5 aromatic rings. The van der Waals surface area contributed by atoms with Gasteiger partial charge in [-0.25, -0.2) is 9.97 Å². The number of imidazole rings is 1. The summed E-state index contributed by atoms with van der Waals surface area (Å²) in [6.07, 6.45) is 4.97. The molecule has 2 aliphatic rings. The van der Waals surface area contributed by atoms with E-state index in [0.717, 1.165) is 29.8 Å². The fraction of sp³-hybridized carbons (Fsp3) is 0.364. The Morgan fingerprint density at radius 3 is 2.79 bits per heavy atom. The third kappa shape index (κ3) is 2.74. The molecule has 1 saturated carbocycles. The van der Waals surface area contributed by atoms with Gasteiger partial charge in [-0.3, -0.25) is 14.0 Å². The standard InChI is InChI=1S/C22H21N9O2/c1-28-10-23-21-19(28)22(32)31(11-24-21)9-17-26-20(27-33-17)18-14-7-30(8-15(14)18)13-3-4-16-12(5-13)6-25-29(16)2/h3-6,10-11,14-15,18H,7-9H2,1-2H3/t14-,15+,18-. The van der Waals surface area contributed by atoms with Gasteiger partial charge in [0.25, 0.3) is 5.56 Å². The predicted octanol–water partition coefficient (Wildman–Crippen LogP) is 1.30. The fourth-order valence-corrected chi connectivity index (χ4v) is 5.27. The Hall–Kier alpha value is -4.02. The third-order valence-electron chi connectivity index (χ3n) is 7.08. The Labute approximate surface area is 187 Å². The molecule has 0 amide bonds. The number of fused-ring (bicyclic) bond motifs is 3. The zero-order chi connectivity index (χ0) is 22.3. The summed E-state index contributed by atoms with van der Waals surface area (Å²) in [7, 11) is 3.73. The van der Waals surface area contributed by atoms with E-state index >= 15 is 0 Å². The second kappa shape index (κ2) is 6.50. The molecule has 166 valence electrons. The first-order valence-electron chi connectivity index (χ1n) is 10.9. The number of nitrogens with zero attached hydrogens (tertiary/aromatic N) is 9. The number of piperidine rings is 1. The molecule has 0 spiro atoms. The lowest BCUT2D eigenvalue weighted by atomic mass is 10.2. The molecular formula is C22H21N9O2. The minimum atomic E-state index is -0.177. The van der Waals surface area contributed by atoms with E-state index in [4.69, 9.17) is 4.52 Å². The normalized spacial score (nSPS) is 21.9. The molecule has 0 N–H and O–H groups in total. The van der Waals surface area contributed by atoms with Crippen molar-refractivity contribution in [1.29, 1.82) is 0 Å². The van der Waals surface area contributed by atoms with Crippen molar-refractivity contribution in [1.82, 2.24) is 39.0 Å². The molecule has 5 heterocycles. The van der Waals surface area contributed by atoms with Crippen LogP contribution in [0.5, 0.6) is 0 Å². The Bertz CT molecular complexity index is 1580. The lowest BCUT2D eigenvalue weighted by molar-refractivity contribution is 0.363. The zero-order valence-corrected chi connectivity index (χ0v) is 18.2. The van der Waals surface area contributed by atoms with Crippen molar-refractivity contribution in [3.05, 3.63) is 59.1 Å². The second-order valence-corrected chi connectivity index (χ2v) is 9.02. The van der Waals surface area contributed by atoms with E-state index in [1.165, 1.54) is 16.6 Å². The van der Waals surface area contributed by atoms with Crippen LogP contribution in [-0.4, -0.2) is 52.1 Å². The number of hydrogen-bond acceptors (Lipinski definition) is 8. The van der Waals surface area contributed by atoms with Gasteiger partial charge < -0.3 is 14.0 Å². The minimum absolute atomic E-state index is 0.177. The van der Waals surface area contributed by atoms with Crippen molar-refractivity contribution >= 4 is 27.8 Å². The number of hydrogen-bond donors (Lipinski definition) is 0. The van der Waals surface area contributed by atoms with Gasteiger partial charge in [0.15, 0.2) is 17.0 Å². The highest BCUT2D eigenvalue weighted by atomic mass is 16.5. The Morgan fingerprint density at radius 2 is 1.94 bits per heavy atom. The molecule has 1 aliphatic heterocycles. The maximum atomic E-state index is 12.7. The van der Waals surface area contributed by atoms with Gasteiger partial charge in [0.2, 0.25) is 5.89 Å². The minimum Gasteiger partial charge on any atom is -0.371 e. The van der Waals surface area contributed by atoms with Crippen LogP contribution >= 0.6 is 0 Å². The van der Waals surface area contributed by atoms with Gasteiger partial charge in [-0.15, -0.1) is 0 Å². The van der Waals surface area contributed by atoms with Gasteiger partial charge >= 0.3 is 0 Å². The number of rotatable bonds is 4. The van der Waals surface area contributed by atoms with Crippen LogP contribution in [0.15, 0.2) is 46.4 Å². The van der Waals surface area contributed by atoms with E-state index in [1.807, 2.05) is 17.9 Å². The third-order valence-corrected chi connectivity index (χ3v) is 7.08. The number of aromatic nitrogens is 8. The van der Waals surface area contributed by atoms with Crippen LogP contribution < -0.4 is 10.5 Å². The summed E-state index contributed by atoms with van der Waals surface area (Å²) in [5.41, 5.74) is 3.08. The highest BCUT2D eigenvalue weighted by Crippen LogP contribution is 2.58. The zero-order valence-electron chi connectivity index (χ0n) is 18.2. The monoisotopic (exact) mass is 443 g/mol. The molecule has 4 aromatic heterocycles. The van der Waals surface area contributed by atoms with E-state index in [0.29, 0.717) is 34.8 Å². The van der Waals surface area contributed by atoms with Crippen molar-refractivity contribution in [2.24, 2.45) is 25.9 Å². The van der Waals surface area contributed by atoms with Gasteiger partial charge in [0, 0.05) is 44.2 Å². The summed E-state index contributed by atoms with van der Waals surface area (Å²) in [5, 5.41) is 9.72. The molecule has 11 heteroatoms. The molecule has 33 heavy (non-hydrogen) atoms. The van der Waals surface area contributed by atoms with Gasteiger partial charge in [0.1, 0.15) is 12.9 Å². The van der Waals surface area contributed by atoms with Crippen LogP contribution in [0.3, 0.4) is 0 Å². The number of benzene rings is 1. The van der Waals surface area contributed by atoms with E-state index in [9.17, 15) is 4.79 Å². The van der Waals surface area contributed by atoms with Crippen LogP contribution in [0.4, 0.5) is 5.69 Å². The Morgan fingerprint density at radius 1 is 1.12 bits per heavy atom. The summed E-state index contributed by atoms with van der Waals surface area (Å²) in [4.78, 5) is 28.1. The predicted molar refractivity (Wildman–Crippen MR) is 119 cm³/mol. The highest BCUT2D eigenvalue weighted by Gasteiger charge is 2.58. The molecule has 0 bridgehead atoms. The van der Waals surface area contributed by atoms with Gasteiger partial charge in [-0.05, 0) is 30.0 Å². The van der Waals surface area contributed by atoms with Crippen molar-refractivity contribution in [2.45, 2.75) is 12.5 Å². The van der Waals surface area contributed by atoms with Crippen molar-refractivity contribution < 1.29 is 4.52 Å². The van der Waals surface area contributed by atoms with E-state index in [-0.39, 0.29) is 12.1 Å². The van der Waals surface area contributed by atoms with Crippen LogP contribution in [-0.2, 0) is 20.6 Å². The van der Waals surface area contributed by atoms with Crippen LogP contribution in [0, 0.1) is 11.8 Å². The Balaban J connectivity index is 1.06. The van der Waals surface area contributed by atoms with Crippen LogP contribution in [0.1, 0.15) is 17.6 Å². The maximum Gasteiger partial charge on any atom is 0.280 e. The first kappa shape index (κ1) is 18.5. The van der Waals surface area contributed by atoms with Crippen molar-refractivity contribution in [3.8, 4) is 0 Å². The molecule has 1 saturated heterocycles. The molecule has 7 rings (SSSR count). The molecular weight excluding hydrogens is 422 g/mol. The van der Waals surface area contributed by atoms with Gasteiger partial charge in [0.05, 0.1) is 18.0 Å². The SMILES string of the molecule is Cn1cnc2ncn(Cc3nc([C@@H]4[C@@H]5CN(c6ccc7c(cnn7C)c6)C[C@@H]54)no3)c(=O)c21. The molecule has 2 fully saturated rings. The first-order chi connectivity index (χ1) is 16.1. The van der Waals surface area contributed by atoms with E-state index in [2.05, 4.69) is 48.3 Å². The van der Waals surface area contributed by atoms with E-state index in [1.54, 1.807) is 17.9 Å². The number of aryl methyl sites for hydroxylation is 2. The molecule has 0 unspecified atom stereocenters. The summed E-state index contributed by atoms with van der Waals surface area (Å²) in [6, 6.07) is 6.50. The second-order valence-electron chi connectivity index (χ2n) is 9.02. The maximum absolute atomic E-state index is 12.7. The average molecular weight is 443 g/mol. The summed E-state index contributed by atoms with van der Waals surface area (Å²) in [5.74, 6) is 2.52. The quantitative estimate of drug-likeness (QED) is 0.409. The summed E-state index contributed by atoms with van der Waals surface area (Å²) in [6.45, 7) is 2.15. The topological polar surface area (TPSA) is 113 Å². The lowest BCUT2D eigenvalue weighted by Crippen LogP contribution is -2.23. The van der Waals surface area contributed by atoms with Crippen molar-refractivity contribution in [2.75, 3.05) is 18.0 Å². The first-order valence-corrected chi connectivity index (χ1v) is 10.9. The largest absolute Gasteiger partial charge is 0.371 e. The number of anilines is 1.